The lowest BCUT2D eigenvalue weighted by Gasteiger charge is -2.34. The van der Waals surface area contributed by atoms with E-state index in [4.69, 9.17) is 4.74 Å². The van der Waals surface area contributed by atoms with Gasteiger partial charge in [0.2, 0.25) is 0 Å². The van der Waals surface area contributed by atoms with E-state index in [0.29, 0.717) is 6.54 Å². The average molecular weight is 533 g/mol. The second kappa shape index (κ2) is 14.8. The van der Waals surface area contributed by atoms with E-state index in [0.717, 1.165) is 69.6 Å². The van der Waals surface area contributed by atoms with Crippen LogP contribution in [0.3, 0.4) is 0 Å². The molecule has 172 valence electrons. The minimum Gasteiger partial charge on any atom is -0.491 e. The minimum absolute atomic E-state index is 0. The van der Waals surface area contributed by atoms with Crippen LogP contribution in [0.2, 0.25) is 0 Å². The highest BCUT2D eigenvalue weighted by molar-refractivity contribution is 14.0. The van der Waals surface area contributed by atoms with Crippen LogP contribution in [0, 0.1) is 0 Å². The van der Waals surface area contributed by atoms with Crippen molar-refractivity contribution >= 4 is 29.9 Å². The largest absolute Gasteiger partial charge is 0.491 e. The maximum atomic E-state index is 10.5. The molecule has 0 aliphatic carbocycles. The molecule has 1 heterocycles. The van der Waals surface area contributed by atoms with Gasteiger partial charge >= 0.3 is 0 Å². The van der Waals surface area contributed by atoms with Crippen LogP contribution < -0.4 is 15.4 Å². The summed E-state index contributed by atoms with van der Waals surface area (Å²) in [6, 6.07) is 7.60. The van der Waals surface area contributed by atoms with Crippen molar-refractivity contribution in [3.8, 4) is 5.75 Å². The third kappa shape index (κ3) is 9.80. The number of hydrogen-bond donors (Lipinski definition) is 3. The molecule has 1 fully saturated rings. The number of nitrogens with one attached hydrogen (secondary N) is 2. The number of hydrogen-bond acceptors (Lipinski definition) is 5. The lowest BCUT2D eigenvalue weighted by Crippen LogP contribution is -2.49. The summed E-state index contributed by atoms with van der Waals surface area (Å²) in [5, 5.41) is 17.2. The topological polar surface area (TPSA) is 72.4 Å². The first-order valence-electron chi connectivity index (χ1n) is 10.9. The van der Waals surface area contributed by atoms with Crippen molar-refractivity contribution in [3.63, 3.8) is 0 Å². The molecular weight excluding hydrogens is 493 g/mol. The van der Waals surface area contributed by atoms with Gasteiger partial charge in [-0.15, -0.1) is 24.0 Å². The molecule has 8 heteroatoms. The molecule has 7 nitrogen and oxygen atoms in total. The van der Waals surface area contributed by atoms with Crippen LogP contribution in [0.5, 0.6) is 5.75 Å². The standard InChI is InChI=1S/C22H39N5O2.HI/c1-5-23-22(24-10-11-27-14-12-26(6-2)13-15-27)25-17-21(28)19-8-7-9-20(16-19)29-18(3)4;/h7-9,16,18,21,28H,5-6,10-15,17H2,1-4H3,(H2,23,24,25);1H. The molecule has 1 atom stereocenters. The highest BCUT2D eigenvalue weighted by Crippen LogP contribution is 2.20. The van der Waals surface area contributed by atoms with Gasteiger partial charge in [-0.2, -0.15) is 0 Å². The Morgan fingerprint density at radius 1 is 1.13 bits per heavy atom. The summed E-state index contributed by atoms with van der Waals surface area (Å²) in [5.74, 6) is 1.52. The molecule has 1 unspecified atom stereocenters. The molecule has 1 aromatic rings. The van der Waals surface area contributed by atoms with Gasteiger partial charge in [0.25, 0.3) is 0 Å². The zero-order valence-electron chi connectivity index (χ0n) is 18.9. The molecule has 1 saturated heterocycles. The smallest absolute Gasteiger partial charge is 0.191 e. The van der Waals surface area contributed by atoms with Crippen molar-refractivity contribution in [2.24, 2.45) is 4.99 Å². The molecule has 3 N–H and O–H groups in total. The van der Waals surface area contributed by atoms with E-state index in [2.05, 4.69) is 32.3 Å². The highest BCUT2D eigenvalue weighted by Gasteiger charge is 2.15. The molecule has 2 rings (SSSR count). The second-order valence-electron chi connectivity index (χ2n) is 7.68. The van der Waals surface area contributed by atoms with Crippen LogP contribution in [-0.2, 0) is 0 Å². The Labute approximate surface area is 199 Å². The second-order valence-corrected chi connectivity index (χ2v) is 7.68. The van der Waals surface area contributed by atoms with Gasteiger partial charge in [0, 0.05) is 45.8 Å². The summed E-state index contributed by atoms with van der Waals surface area (Å²) in [7, 11) is 0. The number of halogens is 1. The fraction of sp³-hybridized carbons (Fsp3) is 0.682. The van der Waals surface area contributed by atoms with Gasteiger partial charge in [-0.05, 0) is 45.0 Å². The molecule has 0 spiro atoms. The number of nitrogens with zero attached hydrogens (tertiary/aromatic N) is 3. The molecule has 0 bridgehead atoms. The fourth-order valence-electron chi connectivity index (χ4n) is 3.35. The molecular formula is C22H40IN5O2. The molecule has 0 amide bonds. The average Bonchev–Trinajstić information content (AvgIpc) is 2.72. The fourth-order valence-corrected chi connectivity index (χ4v) is 3.35. The summed E-state index contributed by atoms with van der Waals surface area (Å²) < 4.78 is 5.71. The predicted molar refractivity (Wildman–Crippen MR) is 135 cm³/mol. The first-order valence-corrected chi connectivity index (χ1v) is 10.9. The molecule has 0 saturated carbocycles. The zero-order chi connectivity index (χ0) is 21.1. The van der Waals surface area contributed by atoms with E-state index in [9.17, 15) is 5.11 Å². The van der Waals surface area contributed by atoms with Gasteiger partial charge in [0.05, 0.1) is 18.8 Å². The minimum atomic E-state index is -0.664. The Morgan fingerprint density at radius 3 is 2.47 bits per heavy atom. The van der Waals surface area contributed by atoms with Crippen LogP contribution >= 0.6 is 24.0 Å². The van der Waals surface area contributed by atoms with Crippen molar-refractivity contribution in [1.29, 1.82) is 0 Å². The Hall–Kier alpha value is -1.10. The van der Waals surface area contributed by atoms with Crippen molar-refractivity contribution in [2.75, 3.05) is 58.9 Å². The number of aliphatic imine (C=N–C) groups is 1. The molecule has 1 aliphatic rings. The van der Waals surface area contributed by atoms with Crippen molar-refractivity contribution in [2.45, 2.75) is 39.9 Å². The maximum Gasteiger partial charge on any atom is 0.191 e. The van der Waals surface area contributed by atoms with Crippen molar-refractivity contribution in [1.82, 2.24) is 20.4 Å². The summed E-state index contributed by atoms with van der Waals surface area (Å²) in [6.07, 6.45) is -0.557. The number of likely N-dealkylation sites (N-methyl/N-ethyl adjacent to an activating group) is 1. The van der Waals surface area contributed by atoms with E-state index in [-0.39, 0.29) is 30.1 Å². The van der Waals surface area contributed by atoms with Gasteiger partial charge in [0.15, 0.2) is 5.96 Å². The lowest BCUT2D eigenvalue weighted by molar-refractivity contribution is 0.139. The Bertz CT molecular complexity index is 621. The Balaban J connectivity index is 0.00000450. The van der Waals surface area contributed by atoms with Crippen molar-refractivity contribution in [3.05, 3.63) is 29.8 Å². The van der Waals surface area contributed by atoms with Crippen LogP contribution in [0.1, 0.15) is 39.4 Å². The molecule has 1 aromatic carbocycles. The first-order chi connectivity index (χ1) is 14.0. The Morgan fingerprint density at radius 2 is 1.83 bits per heavy atom. The number of aliphatic hydroxyl groups is 1. The van der Waals surface area contributed by atoms with E-state index in [1.807, 2.05) is 45.0 Å². The van der Waals surface area contributed by atoms with E-state index < -0.39 is 6.10 Å². The van der Waals surface area contributed by atoms with Gasteiger partial charge in [-0.3, -0.25) is 9.89 Å². The quantitative estimate of drug-likeness (QED) is 0.244. The van der Waals surface area contributed by atoms with E-state index in [1.165, 1.54) is 0 Å². The SMILES string of the molecule is CCNC(=NCC(O)c1cccc(OC(C)C)c1)NCCN1CCN(CC)CC1.I. The normalized spacial score (nSPS) is 16.8. The number of ether oxygens (including phenoxy) is 1. The van der Waals surface area contributed by atoms with Crippen LogP contribution in [0.4, 0.5) is 0 Å². The van der Waals surface area contributed by atoms with Gasteiger partial charge in [-0.1, -0.05) is 19.1 Å². The molecule has 1 aliphatic heterocycles. The molecule has 30 heavy (non-hydrogen) atoms. The maximum absolute atomic E-state index is 10.5. The molecule has 0 aromatic heterocycles. The van der Waals surface area contributed by atoms with Gasteiger partial charge in [0.1, 0.15) is 5.75 Å². The van der Waals surface area contributed by atoms with E-state index in [1.54, 1.807) is 0 Å². The zero-order valence-corrected chi connectivity index (χ0v) is 21.3. The lowest BCUT2D eigenvalue weighted by atomic mass is 10.1. The van der Waals surface area contributed by atoms with Gasteiger partial charge < -0.3 is 25.4 Å². The van der Waals surface area contributed by atoms with Crippen molar-refractivity contribution < 1.29 is 9.84 Å². The van der Waals surface area contributed by atoms with Crippen LogP contribution in [-0.4, -0.2) is 85.9 Å². The summed E-state index contributed by atoms with van der Waals surface area (Å²) in [4.78, 5) is 9.53. The first kappa shape index (κ1) is 26.9. The summed E-state index contributed by atoms with van der Waals surface area (Å²) in [5.41, 5.74) is 0.816. The number of benzene rings is 1. The van der Waals surface area contributed by atoms with Crippen LogP contribution in [0.25, 0.3) is 0 Å². The predicted octanol–water partition coefficient (Wildman–Crippen LogP) is 2.32. The van der Waals surface area contributed by atoms with Gasteiger partial charge in [-0.25, -0.2) is 0 Å². The number of piperazine rings is 1. The third-order valence-electron chi connectivity index (χ3n) is 5.01. The monoisotopic (exact) mass is 533 g/mol. The van der Waals surface area contributed by atoms with E-state index >= 15 is 0 Å². The number of guanidine groups is 1. The number of rotatable bonds is 10. The Kier molecular flexibility index (Phi) is 13.3. The third-order valence-corrected chi connectivity index (χ3v) is 5.01. The highest BCUT2D eigenvalue weighted by atomic mass is 127. The van der Waals surface area contributed by atoms with Crippen LogP contribution in [0.15, 0.2) is 29.3 Å². The summed E-state index contributed by atoms with van der Waals surface area (Å²) in [6.45, 7) is 16.9. The molecule has 0 radical (unpaired) electrons. The number of aliphatic hydroxyl groups excluding tert-OH is 1. The summed E-state index contributed by atoms with van der Waals surface area (Å²) >= 11 is 0.